The maximum Gasteiger partial charge on any atom is 0.142 e. The summed E-state index contributed by atoms with van der Waals surface area (Å²) >= 11 is 0. The van der Waals surface area contributed by atoms with Crippen molar-refractivity contribution in [2.75, 3.05) is 45.4 Å². The second kappa shape index (κ2) is 8.67. The van der Waals surface area contributed by atoms with Crippen LogP contribution in [-0.4, -0.2) is 71.5 Å². The number of anilines is 1. The van der Waals surface area contributed by atoms with Gasteiger partial charge in [0, 0.05) is 51.1 Å². The number of ether oxygens (including phenoxy) is 2. The number of aromatic nitrogens is 3. The van der Waals surface area contributed by atoms with E-state index in [1.54, 1.807) is 20.5 Å². The van der Waals surface area contributed by atoms with Gasteiger partial charge in [0.05, 0.1) is 19.6 Å². The number of rotatable bonds is 7. The molecule has 0 spiro atoms. The van der Waals surface area contributed by atoms with Gasteiger partial charge in [0.25, 0.3) is 0 Å². The largest absolute Gasteiger partial charge is 0.497 e. The molecule has 0 aliphatic carbocycles. The van der Waals surface area contributed by atoms with E-state index in [9.17, 15) is 5.11 Å². The molecule has 8 heteroatoms. The van der Waals surface area contributed by atoms with E-state index >= 15 is 0 Å². The van der Waals surface area contributed by atoms with Gasteiger partial charge in [0.15, 0.2) is 0 Å². The summed E-state index contributed by atoms with van der Waals surface area (Å²) in [5.41, 5.74) is 1.98. The third-order valence-electron chi connectivity index (χ3n) is 5.50. The summed E-state index contributed by atoms with van der Waals surface area (Å²) in [6.45, 7) is 3.47. The molecule has 3 heterocycles. The number of piperazine rings is 1. The molecule has 4 rings (SSSR count). The number of nitrogens with one attached hydrogen (secondary N) is 1. The lowest BCUT2D eigenvalue weighted by molar-refractivity contribution is 0.135. The van der Waals surface area contributed by atoms with Gasteiger partial charge in [-0.05, 0) is 30.2 Å². The van der Waals surface area contributed by atoms with Crippen LogP contribution in [0.4, 0.5) is 5.82 Å². The van der Waals surface area contributed by atoms with Crippen molar-refractivity contribution in [1.29, 1.82) is 0 Å². The van der Waals surface area contributed by atoms with E-state index in [2.05, 4.69) is 24.8 Å². The van der Waals surface area contributed by atoms with E-state index in [0.717, 1.165) is 60.1 Å². The normalized spacial score (nSPS) is 17.6. The molecule has 8 nitrogen and oxygen atoms in total. The smallest absolute Gasteiger partial charge is 0.142 e. The second-order valence-electron chi connectivity index (χ2n) is 7.24. The van der Waals surface area contributed by atoms with Crippen molar-refractivity contribution in [3.05, 3.63) is 42.4 Å². The monoisotopic (exact) mass is 397 g/mol. The molecule has 0 bridgehead atoms. The predicted octanol–water partition coefficient (Wildman–Crippen LogP) is 2.05. The molecule has 1 fully saturated rings. The van der Waals surface area contributed by atoms with Crippen LogP contribution >= 0.6 is 0 Å². The number of methoxy groups -OCH3 is 2. The molecule has 0 radical (unpaired) electrons. The van der Waals surface area contributed by atoms with Gasteiger partial charge in [-0.2, -0.15) is 0 Å². The Morgan fingerprint density at radius 2 is 1.93 bits per heavy atom. The number of nitrogens with zero attached hydrogens (tertiary/aromatic N) is 4. The zero-order chi connectivity index (χ0) is 20.2. The average Bonchev–Trinajstić information content (AvgIpc) is 3.24. The van der Waals surface area contributed by atoms with E-state index in [-0.39, 0.29) is 12.6 Å². The van der Waals surface area contributed by atoms with Gasteiger partial charge >= 0.3 is 0 Å². The maximum atomic E-state index is 9.65. The van der Waals surface area contributed by atoms with Gasteiger partial charge in [0.1, 0.15) is 29.3 Å². The second-order valence-corrected chi connectivity index (χ2v) is 7.24. The number of aromatic amines is 1. The Bertz CT molecular complexity index is 938. The molecule has 1 saturated heterocycles. The van der Waals surface area contributed by atoms with Crippen LogP contribution in [0.25, 0.3) is 11.0 Å². The van der Waals surface area contributed by atoms with Crippen LogP contribution in [0, 0.1) is 0 Å². The van der Waals surface area contributed by atoms with Gasteiger partial charge in [-0.3, -0.25) is 4.90 Å². The van der Waals surface area contributed by atoms with Crippen LogP contribution in [0.1, 0.15) is 12.0 Å². The molecule has 154 valence electrons. The highest BCUT2D eigenvalue weighted by molar-refractivity contribution is 5.87. The van der Waals surface area contributed by atoms with E-state index in [1.165, 1.54) is 0 Å². The van der Waals surface area contributed by atoms with E-state index < -0.39 is 0 Å². The minimum absolute atomic E-state index is 0.153. The first-order chi connectivity index (χ1) is 14.2. The molecular formula is C21H27N5O3. The Hall–Kier alpha value is -2.84. The molecule has 29 heavy (non-hydrogen) atoms. The highest BCUT2D eigenvalue weighted by Gasteiger charge is 2.28. The van der Waals surface area contributed by atoms with Crippen LogP contribution in [0.3, 0.4) is 0 Å². The zero-order valence-electron chi connectivity index (χ0n) is 16.8. The van der Waals surface area contributed by atoms with Crippen molar-refractivity contribution in [1.82, 2.24) is 19.9 Å². The summed E-state index contributed by atoms with van der Waals surface area (Å²) < 4.78 is 10.8. The fourth-order valence-corrected chi connectivity index (χ4v) is 4.02. The molecular weight excluding hydrogens is 370 g/mol. The number of fused-ring (bicyclic) bond motifs is 1. The standard InChI is InChI=1S/C21H27N5O3/c1-28-17-9-15(10-18(11-17)29-2)12-25-6-7-26(13-16(25)4-8-27)21-19-3-5-22-20(19)23-14-24-21/h3,5,9-11,14,16,27H,4,6-8,12-13H2,1-2H3,(H,22,23,24)/t16-/m1/s1. The number of aliphatic hydroxyl groups is 1. The van der Waals surface area contributed by atoms with Gasteiger partial charge in [0.2, 0.25) is 0 Å². The lowest BCUT2D eigenvalue weighted by Crippen LogP contribution is -2.53. The average molecular weight is 397 g/mol. The summed E-state index contributed by atoms with van der Waals surface area (Å²) in [7, 11) is 3.32. The summed E-state index contributed by atoms with van der Waals surface area (Å²) in [5, 5.41) is 10.7. The molecule has 2 aromatic heterocycles. The maximum absolute atomic E-state index is 9.65. The zero-order valence-corrected chi connectivity index (χ0v) is 16.8. The molecule has 2 N–H and O–H groups in total. The molecule has 0 amide bonds. The van der Waals surface area contributed by atoms with Gasteiger partial charge < -0.3 is 24.5 Å². The van der Waals surface area contributed by atoms with Crippen molar-refractivity contribution in [2.45, 2.75) is 19.0 Å². The number of H-pyrrole nitrogens is 1. The quantitative estimate of drug-likeness (QED) is 0.631. The summed E-state index contributed by atoms with van der Waals surface area (Å²) in [4.78, 5) is 16.7. The first-order valence-electron chi connectivity index (χ1n) is 9.81. The molecule has 1 aliphatic rings. The van der Waals surface area contributed by atoms with E-state index in [4.69, 9.17) is 9.47 Å². The van der Waals surface area contributed by atoms with Gasteiger partial charge in [-0.15, -0.1) is 0 Å². The topological polar surface area (TPSA) is 86.7 Å². The summed E-state index contributed by atoms with van der Waals surface area (Å²) in [6.07, 6.45) is 4.20. The highest BCUT2D eigenvalue weighted by Crippen LogP contribution is 2.28. The number of benzene rings is 1. The molecule has 0 saturated carbocycles. The molecule has 1 aromatic carbocycles. The first kappa shape index (κ1) is 19.5. The first-order valence-corrected chi connectivity index (χ1v) is 9.81. The summed E-state index contributed by atoms with van der Waals surface area (Å²) in [5.74, 6) is 2.52. The SMILES string of the molecule is COc1cc(CN2CCN(c3ncnc4[nH]ccc34)C[C@H]2CCO)cc(OC)c1. The van der Waals surface area contributed by atoms with Crippen LogP contribution < -0.4 is 14.4 Å². The minimum Gasteiger partial charge on any atom is -0.497 e. The lowest BCUT2D eigenvalue weighted by Gasteiger charge is -2.42. The van der Waals surface area contributed by atoms with Crippen molar-refractivity contribution in [2.24, 2.45) is 0 Å². The number of hydrogen-bond acceptors (Lipinski definition) is 7. The Morgan fingerprint density at radius 3 is 2.66 bits per heavy atom. The molecule has 1 atom stereocenters. The van der Waals surface area contributed by atoms with Crippen LogP contribution in [-0.2, 0) is 6.54 Å². The highest BCUT2D eigenvalue weighted by atomic mass is 16.5. The van der Waals surface area contributed by atoms with Crippen molar-refractivity contribution in [3.63, 3.8) is 0 Å². The van der Waals surface area contributed by atoms with Crippen molar-refractivity contribution >= 4 is 16.9 Å². The third-order valence-corrected chi connectivity index (χ3v) is 5.50. The van der Waals surface area contributed by atoms with E-state index in [1.807, 2.05) is 30.5 Å². The van der Waals surface area contributed by atoms with Crippen molar-refractivity contribution in [3.8, 4) is 11.5 Å². The Morgan fingerprint density at radius 1 is 1.14 bits per heavy atom. The van der Waals surface area contributed by atoms with Crippen LogP contribution in [0.5, 0.6) is 11.5 Å². The Balaban J connectivity index is 1.54. The third kappa shape index (κ3) is 4.13. The molecule has 0 unspecified atom stereocenters. The van der Waals surface area contributed by atoms with Crippen molar-refractivity contribution < 1.29 is 14.6 Å². The fourth-order valence-electron chi connectivity index (χ4n) is 4.02. The molecule has 1 aliphatic heterocycles. The van der Waals surface area contributed by atoms with Gasteiger partial charge in [-0.25, -0.2) is 9.97 Å². The summed E-state index contributed by atoms with van der Waals surface area (Å²) in [6, 6.07) is 8.19. The van der Waals surface area contributed by atoms with Crippen LogP contribution in [0.15, 0.2) is 36.8 Å². The van der Waals surface area contributed by atoms with Gasteiger partial charge in [-0.1, -0.05) is 0 Å². The fraction of sp³-hybridized carbons (Fsp3) is 0.429. The molecule has 3 aromatic rings. The Kier molecular flexibility index (Phi) is 5.82. The Labute approximate surface area is 170 Å². The number of aliphatic hydroxyl groups excluding tert-OH is 1. The van der Waals surface area contributed by atoms with Crippen LogP contribution in [0.2, 0.25) is 0 Å². The number of hydrogen-bond donors (Lipinski definition) is 2. The van der Waals surface area contributed by atoms with E-state index in [0.29, 0.717) is 6.42 Å². The lowest BCUT2D eigenvalue weighted by atomic mass is 10.1. The predicted molar refractivity (Wildman–Crippen MR) is 112 cm³/mol. The minimum atomic E-state index is 0.153.